The van der Waals surface area contributed by atoms with Gasteiger partial charge in [0.25, 0.3) is 0 Å². The molecule has 0 N–H and O–H groups in total. The standard InChI is InChI=1S/C38H40N2O6/c1-4-11-30-24-31(36(41)29-16-14-28(15-17-29)27-12-8-7-9-13-27)18-21-35(30)46-23-10-22-45-33-19-20-34-32(25-33)26-39-40(34)37(43-5-2)38(42)44-6-3/h7-9,12-21,24-26,37H,4-6,10-11,22-23H2,1-3H3. The van der Waals surface area contributed by atoms with Gasteiger partial charge in [-0.25, -0.2) is 9.48 Å². The van der Waals surface area contributed by atoms with Gasteiger partial charge in [-0.1, -0.05) is 67.9 Å². The summed E-state index contributed by atoms with van der Waals surface area (Å²) in [5.74, 6) is 1.00. The summed E-state index contributed by atoms with van der Waals surface area (Å²) >= 11 is 0. The molecule has 46 heavy (non-hydrogen) atoms. The number of aromatic nitrogens is 2. The maximum Gasteiger partial charge on any atom is 0.358 e. The number of ketones is 1. The second-order valence-electron chi connectivity index (χ2n) is 10.8. The van der Waals surface area contributed by atoms with E-state index < -0.39 is 12.2 Å². The number of hydrogen-bond donors (Lipinski definition) is 0. The van der Waals surface area contributed by atoms with Crippen molar-refractivity contribution in [2.75, 3.05) is 26.4 Å². The van der Waals surface area contributed by atoms with Gasteiger partial charge in [0.1, 0.15) is 11.5 Å². The van der Waals surface area contributed by atoms with Gasteiger partial charge >= 0.3 is 5.97 Å². The predicted molar refractivity (Wildman–Crippen MR) is 178 cm³/mol. The quantitative estimate of drug-likeness (QED) is 0.0631. The van der Waals surface area contributed by atoms with Crippen molar-refractivity contribution in [1.82, 2.24) is 9.78 Å². The van der Waals surface area contributed by atoms with E-state index in [9.17, 15) is 9.59 Å². The van der Waals surface area contributed by atoms with Crippen molar-refractivity contribution in [1.29, 1.82) is 0 Å². The minimum absolute atomic E-state index is 0.00581. The highest BCUT2D eigenvalue weighted by Crippen LogP contribution is 2.27. The van der Waals surface area contributed by atoms with Gasteiger partial charge in [-0.15, -0.1) is 0 Å². The zero-order valence-corrected chi connectivity index (χ0v) is 26.6. The summed E-state index contributed by atoms with van der Waals surface area (Å²) in [6, 6.07) is 29.2. The number of esters is 1. The molecule has 8 heteroatoms. The van der Waals surface area contributed by atoms with Crippen LogP contribution in [-0.2, 0) is 20.7 Å². The summed E-state index contributed by atoms with van der Waals surface area (Å²) in [7, 11) is 0. The fraction of sp³-hybridized carbons (Fsp3) is 0.289. The molecule has 1 heterocycles. The molecule has 1 aromatic heterocycles. The first-order chi connectivity index (χ1) is 22.5. The number of nitrogens with zero attached hydrogens (tertiary/aromatic N) is 2. The molecule has 0 saturated heterocycles. The predicted octanol–water partition coefficient (Wildman–Crippen LogP) is 7.83. The molecule has 0 amide bonds. The molecule has 0 fully saturated rings. The third-order valence-electron chi connectivity index (χ3n) is 7.51. The smallest absolute Gasteiger partial charge is 0.358 e. The highest BCUT2D eigenvalue weighted by molar-refractivity contribution is 6.09. The van der Waals surface area contributed by atoms with E-state index in [1.165, 1.54) is 4.68 Å². The Kier molecular flexibility index (Phi) is 11.2. The Morgan fingerprint density at radius 1 is 0.783 bits per heavy atom. The Hall–Kier alpha value is -4.95. The number of rotatable bonds is 16. The lowest BCUT2D eigenvalue weighted by Crippen LogP contribution is -2.25. The van der Waals surface area contributed by atoms with Gasteiger partial charge in [0.05, 0.1) is 31.5 Å². The number of carbonyl (C=O) groups excluding carboxylic acids is 2. The number of fused-ring (bicyclic) bond motifs is 1. The Morgan fingerprint density at radius 3 is 2.26 bits per heavy atom. The Morgan fingerprint density at radius 2 is 1.52 bits per heavy atom. The van der Waals surface area contributed by atoms with Crippen molar-refractivity contribution in [2.45, 2.75) is 46.3 Å². The molecule has 5 aromatic rings. The molecule has 0 aliphatic rings. The lowest BCUT2D eigenvalue weighted by molar-refractivity contribution is -0.163. The Balaban J connectivity index is 1.16. The number of carbonyl (C=O) groups is 2. The van der Waals surface area contributed by atoms with Crippen LogP contribution in [0.15, 0.2) is 97.2 Å². The van der Waals surface area contributed by atoms with E-state index in [-0.39, 0.29) is 12.4 Å². The lowest BCUT2D eigenvalue weighted by Gasteiger charge is -2.17. The van der Waals surface area contributed by atoms with Crippen molar-refractivity contribution in [3.63, 3.8) is 0 Å². The van der Waals surface area contributed by atoms with Gasteiger partial charge in [0.15, 0.2) is 5.78 Å². The maximum atomic E-state index is 13.3. The average Bonchev–Trinajstić information content (AvgIpc) is 3.51. The van der Waals surface area contributed by atoms with Gasteiger partial charge in [0.2, 0.25) is 6.23 Å². The SMILES string of the molecule is CCCc1cc(C(=O)c2ccc(-c3ccccc3)cc2)ccc1OCCCOc1ccc2c(cnn2C(OCC)C(=O)OCC)c1. The molecule has 0 spiro atoms. The minimum atomic E-state index is -0.942. The van der Waals surface area contributed by atoms with Crippen molar-refractivity contribution >= 4 is 22.7 Å². The van der Waals surface area contributed by atoms with Crippen molar-refractivity contribution in [2.24, 2.45) is 0 Å². The molecule has 0 aliphatic carbocycles. The molecule has 0 aliphatic heterocycles. The molecular weight excluding hydrogens is 580 g/mol. The molecule has 238 valence electrons. The molecular formula is C38H40N2O6. The number of ether oxygens (including phenoxy) is 4. The largest absolute Gasteiger partial charge is 0.493 e. The van der Waals surface area contributed by atoms with Gasteiger partial charge < -0.3 is 18.9 Å². The summed E-state index contributed by atoms with van der Waals surface area (Å²) < 4.78 is 24.4. The van der Waals surface area contributed by atoms with Crippen LogP contribution >= 0.6 is 0 Å². The number of aryl methyl sites for hydroxylation is 1. The third-order valence-corrected chi connectivity index (χ3v) is 7.51. The maximum absolute atomic E-state index is 13.3. The van der Waals surface area contributed by atoms with Crippen LogP contribution in [0.3, 0.4) is 0 Å². The summed E-state index contributed by atoms with van der Waals surface area (Å²) in [5, 5.41) is 5.20. The van der Waals surface area contributed by atoms with Crippen LogP contribution < -0.4 is 9.47 Å². The van der Waals surface area contributed by atoms with E-state index in [4.69, 9.17) is 18.9 Å². The van der Waals surface area contributed by atoms with Crippen molar-refractivity contribution < 1.29 is 28.5 Å². The summed E-state index contributed by atoms with van der Waals surface area (Å²) in [6.07, 6.45) is 3.16. The molecule has 0 saturated carbocycles. The zero-order chi connectivity index (χ0) is 32.3. The molecule has 0 bridgehead atoms. The van der Waals surface area contributed by atoms with E-state index in [1.54, 1.807) is 13.1 Å². The van der Waals surface area contributed by atoms with E-state index in [2.05, 4.69) is 24.2 Å². The lowest BCUT2D eigenvalue weighted by atomic mass is 9.97. The first kappa shape index (κ1) is 32.4. The van der Waals surface area contributed by atoms with E-state index in [0.29, 0.717) is 43.1 Å². The fourth-order valence-electron chi connectivity index (χ4n) is 5.29. The molecule has 0 radical (unpaired) electrons. The monoisotopic (exact) mass is 620 g/mol. The average molecular weight is 621 g/mol. The molecule has 1 atom stereocenters. The topological polar surface area (TPSA) is 88.9 Å². The van der Waals surface area contributed by atoms with Crippen LogP contribution in [0.4, 0.5) is 0 Å². The highest BCUT2D eigenvalue weighted by atomic mass is 16.6. The summed E-state index contributed by atoms with van der Waals surface area (Å²) in [5.41, 5.74) is 5.28. The van der Waals surface area contributed by atoms with Gasteiger partial charge in [-0.3, -0.25) is 4.79 Å². The summed E-state index contributed by atoms with van der Waals surface area (Å²) in [4.78, 5) is 25.7. The van der Waals surface area contributed by atoms with Crippen molar-refractivity contribution in [3.8, 4) is 22.6 Å². The van der Waals surface area contributed by atoms with Gasteiger partial charge in [-0.2, -0.15) is 5.10 Å². The normalized spacial score (nSPS) is 11.7. The minimum Gasteiger partial charge on any atom is -0.493 e. The van der Waals surface area contributed by atoms with Crippen LogP contribution in [0.5, 0.6) is 11.5 Å². The third kappa shape index (κ3) is 7.82. The van der Waals surface area contributed by atoms with Crippen LogP contribution in [0.25, 0.3) is 22.0 Å². The van der Waals surface area contributed by atoms with Gasteiger partial charge in [-0.05, 0) is 73.4 Å². The molecule has 4 aromatic carbocycles. The Labute approximate surface area is 269 Å². The second-order valence-corrected chi connectivity index (χ2v) is 10.8. The molecule has 5 rings (SSSR count). The van der Waals surface area contributed by atoms with Crippen LogP contribution in [0.1, 0.15) is 61.3 Å². The van der Waals surface area contributed by atoms with Crippen molar-refractivity contribution in [3.05, 3.63) is 114 Å². The van der Waals surface area contributed by atoms with Gasteiger partial charge in [0, 0.05) is 29.5 Å². The van der Waals surface area contributed by atoms with E-state index >= 15 is 0 Å². The number of benzene rings is 4. The first-order valence-corrected chi connectivity index (χ1v) is 15.9. The fourth-order valence-corrected chi connectivity index (χ4v) is 5.29. The van der Waals surface area contributed by atoms with E-state index in [0.717, 1.165) is 46.2 Å². The Bertz CT molecular complexity index is 1750. The first-order valence-electron chi connectivity index (χ1n) is 15.9. The molecule has 8 nitrogen and oxygen atoms in total. The van der Waals surface area contributed by atoms with E-state index in [1.807, 2.05) is 85.8 Å². The molecule has 1 unspecified atom stereocenters. The number of hydrogen-bond acceptors (Lipinski definition) is 7. The van der Waals surface area contributed by atoms with Crippen LogP contribution in [0, 0.1) is 0 Å². The summed E-state index contributed by atoms with van der Waals surface area (Å²) in [6.45, 7) is 7.24. The van der Waals surface area contributed by atoms with Crippen LogP contribution in [-0.4, -0.2) is 48.0 Å². The second kappa shape index (κ2) is 15.9. The van der Waals surface area contributed by atoms with Crippen LogP contribution in [0.2, 0.25) is 0 Å². The zero-order valence-electron chi connectivity index (χ0n) is 26.6. The highest BCUT2D eigenvalue weighted by Gasteiger charge is 2.25.